The minimum Gasteiger partial charge on any atom is -0.496 e. The van der Waals surface area contributed by atoms with E-state index in [4.69, 9.17) is 14.6 Å². The highest BCUT2D eigenvalue weighted by atomic mass is 79.9. The van der Waals surface area contributed by atoms with Crippen molar-refractivity contribution in [2.75, 3.05) is 20.2 Å². The third-order valence-corrected chi connectivity index (χ3v) is 6.38. The second-order valence-corrected chi connectivity index (χ2v) is 9.51. The lowest BCUT2D eigenvalue weighted by molar-refractivity contribution is -0.136. The summed E-state index contributed by atoms with van der Waals surface area (Å²) in [5.41, 5.74) is 2.01. The molecular formula is C23H25Br2NO5. The molecule has 166 valence electrons. The van der Waals surface area contributed by atoms with Gasteiger partial charge >= 0.3 is 5.97 Å². The predicted octanol–water partition coefficient (Wildman–Crippen LogP) is 6.00. The summed E-state index contributed by atoms with van der Waals surface area (Å²) in [5.74, 6) is 0.731. The van der Waals surface area contributed by atoms with Gasteiger partial charge in [0.2, 0.25) is 0 Å². The molecule has 31 heavy (non-hydrogen) atoms. The van der Waals surface area contributed by atoms with Crippen LogP contribution in [0, 0.1) is 0 Å². The lowest BCUT2D eigenvalue weighted by Crippen LogP contribution is -2.28. The number of rotatable bonds is 7. The zero-order chi connectivity index (χ0) is 22.7. The number of hydrogen-bond donors (Lipinski definition) is 1. The smallest absolute Gasteiger partial charge is 0.307 e. The Labute approximate surface area is 198 Å². The quantitative estimate of drug-likeness (QED) is 0.454. The molecule has 2 aromatic rings. The number of benzene rings is 2. The number of carboxylic acids is 1. The zero-order valence-electron chi connectivity index (χ0n) is 17.7. The lowest BCUT2D eigenvalue weighted by Gasteiger charge is -2.22. The zero-order valence-corrected chi connectivity index (χ0v) is 20.9. The van der Waals surface area contributed by atoms with Gasteiger partial charge in [0, 0.05) is 18.7 Å². The number of carbonyl (C=O) groups is 2. The highest BCUT2D eigenvalue weighted by Gasteiger charge is 2.26. The van der Waals surface area contributed by atoms with Gasteiger partial charge in [-0.2, -0.15) is 0 Å². The van der Waals surface area contributed by atoms with Gasteiger partial charge in [0.1, 0.15) is 11.5 Å². The molecule has 0 radical (unpaired) electrons. The summed E-state index contributed by atoms with van der Waals surface area (Å²) in [6.45, 7) is 5.56. The minimum atomic E-state index is -0.914. The number of ether oxygens (including phenoxy) is 2. The van der Waals surface area contributed by atoms with E-state index >= 15 is 0 Å². The number of nitrogens with zero attached hydrogens (tertiary/aromatic N) is 1. The second-order valence-electron chi connectivity index (χ2n) is 7.81. The Morgan fingerprint density at radius 3 is 2.19 bits per heavy atom. The number of carboxylic acid groups (broad SMARTS) is 1. The van der Waals surface area contributed by atoms with E-state index < -0.39 is 5.97 Å². The fraction of sp³-hybridized carbons (Fsp3) is 0.391. The summed E-state index contributed by atoms with van der Waals surface area (Å²) in [6.07, 6.45) is 1.88. The van der Waals surface area contributed by atoms with E-state index in [0.717, 1.165) is 31.5 Å². The van der Waals surface area contributed by atoms with Crippen LogP contribution < -0.4 is 9.47 Å². The highest BCUT2D eigenvalue weighted by Crippen LogP contribution is 2.42. The largest absolute Gasteiger partial charge is 0.496 e. The van der Waals surface area contributed by atoms with Crippen LogP contribution in [0.4, 0.5) is 0 Å². The number of halogens is 2. The highest BCUT2D eigenvalue weighted by molar-refractivity contribution is 9.11. The standard InChI is InChI=1S/C23H25Br2NO5/c1-13(2)15-11-20(16(12-19(15)30-3)23(29)26-6-4-5-7-26)31-22-17(24)8-14(9-18(22)25)10-21(27)28/h8-9,11-13H,4-7,10H2,1-3H3,(H,27,28). The Morgan fingerprint density at radius 1 is 1.06 bits per heavy atom. The fourth-order valence-corrected chi connectivity index (χ4v) is 5.09. The topological polar surface area (TPSA) is 76.1 Å². The van der Waals surface area contributed by atoms with Crippen molar-refractivity contribution in [2.24, 2.45) is 0 Å². The third-order valence-electron chi connectivity index (χ3n) is 5.20. The van der Waals surface area contributed by atoms with Gasteiger partial charge in [0.05, 0.1) is 28.0 Å². The molecule has 0 atom stereocenters. The van der Waals surface area contributed by atoms with Crippen molar-refractivity contribution in [1.82, 2.24) is 4.90 Å². The van der Waals surface area contributed by atoms with Crippen molar-refractivity contribution in [3.8, 4) is 17.2 Å². The molecule has 1 heterocycles. The van der Waals surface area contributed by atoms with E-state index in [1.165, 1.54) is 0 Å². The van der Waals surface area contributed by atoms with Crippen LogP contribution >= 0.6 is 31.9 Å². The number of likely N-dealkylation sites (tertiary alicyclic amines) is 1. The minimum absolute atomic E-state index is 0.0872. The number of hydrogen-bond acceptors (Lipinski definition) is 4. The summed E-state index contributed by atoms with van der Waals surface area (Å²) in [7, 11) is 1.60. The van der Waals surface area contributed by atoms with Crippen molar-refractivity contribution in [2.45, 2.75) is 39.0 Å². The van der Waals surface area contributed by atoms with E-state index in [9.17, 15) is 9.59 Å². The Hall–Kier alpha value is -2.06. The number of carbonyl (C=O) groups excluding carboxylic acids is 1. The molecule has 1 amide bonds. The SMILES string of the molecule is COc1cc(C(=O)N2CCCC2)c(Oc2c(Br)cc(CC(=O)O)cc2Br)cc1C(C)C. The molecule has 1 fully saturated rings. The lowest BCUT2D eigenvalue weighted by atomic mass is 9.98. The molecule has 0 spiro atoms. The molecule has 0 aromatic heterocycles. The molecule has 0 bridgehead atoms. The van der Waals surface area contributed by atoms with Crippen LogP contribution in [-0.2, 0) is 11.2 Å². The first-order valence-corrected chi connectivity index (χ1v) is 11.7. The normalized spacial score (nSPS) is 13.5. The maximum Gasteiger partial charge on any atom is 0.307 e. The van der Waals surface area contributed by atoms with E-state index in [1.807, 2.05) is 11.0 Å². The van der Waals surface area contributed by atoms with Crippen LogP contribution in [0.5, 0.6) is 17.2 Å². The first-order chi connectivity index (χ1) is 14.7. The first-order valence-electron chi connectivity index (χ1n) is 10.1. The Balaban J connectivity index is 2.07. The number of methoxy groups -OCH3 is 1. The third kappa shape index (κ3) is 5.41. The molecule has 1 aliphatic heterocycles. The first kappa shape index (κ1) is 23.6. The molecule has 0 aliphatic carbocycles. The van der Waals surface area contributed by atoms with Crippen LogP contribution in [0.25, 0.3) is 0 Å². The Bertz CT molecular complexity index is 977. The van der Waals surface area contributed by atoms with Crippen molar-refractivity contribution in [1.29, 1.82) is 0 Å². The molecule has 3 rings (SSSR count). The van der Waals surface area contributed by atoms with Gasteiger partial charge in [-0.1, -0.05) is 13.8 Å². The van der Waals surface area contributed by atoms with Crippen LogP contribution in [0.15, 0.2) is 33.2 Å². The van der Waals surface area contributed by atoms with Gasteiger partial charge < -0.3 is 19.5 Å². The maximum atomic E-state index is 13.3. The number of amides is 1. The van der Waals surface area contributed by atoms with Crippen molar-refractivity contribution in [3.63, 3.8) is 0 Å². The summed E-state index contributed by atoms with van der Waals surface area (Å²) < 4.78 is 13.0. The molecule has 1 N–H and O–H groups in total. The average molecular weight is 555 g/mol. The molecule has 0 saturated carbocycles. The molecule has 1 aliphatic rings. The van der Waals surface area contributed by atoms with Crippen LogP contribution in [0.1, 0.15) is 54.1 Å². The van der Waals surface area contributed by atoms with Crippen molar-refractivity contribution >= 4 is 43.7 Å². The van der Waals surface area contributed by atoms with Gasteiger partial charge in [0.25, 0.3) is 5.91 Å². The van der Waals surface area contributed by atoms with E-state index in [1.54, 1.807) is 25.3 Å². The Morgan fingerprint density at radius 2 is 1.68 bits per heavy atom. The number of aliphatic carboxylic acids is 1. The molecule has 6 nitrogen and oxygen atoms in total. The predicted molar refractivity (Wildman–Crippen MR) is 125 cm³/mol. The van der Waals surface area contributed by atoms with Gasteiger partial charge in [-0.15, -0.1) is 0 Å². The van der Waals surface area contributed by atoms with Gasteiger partial charge in [-0.05, 0) is 80.4 Å². The van der Waals surface area contributed by atoms with Crippen molar-refractivity contribution in [3.05, 3.63) is 49.9 Å². The second kappa shape index (κ2) is 10.0. The van der Waals surface area contributed by atoms with E-state index in [2.05, 4.69) is 45.7 Å². The molecule has 2 aromatic carbocycles. The molecular weight excluding hydrogens is 530 g/mol. The van der Waals surface area contributed by atoms with E-state index in [-0.39, 0.29) is 18.2 Å². The van der Waals surface area contributed by atoms with Crippen LogP contribution in [-0.4, -0.2) is 42.1 Å². The fourth-order valence-electron chi connectivity index (χ4n) is 3.64. The average Bonchev–Trinajstić information content (AvgIpc) is 3.24. The monoisotopic (exact) mass is 553 g/mol. The molecule has 1 saturated heterocycles. The van der Waals surface area contributed by atoms with Gasteiger partial charge in [0.15, 0.2) is 5.75 Å². The van der Waals surface area contributed by atoms with Gasteiger partial charge in [-0.3, -0.25) is 9.59 Å². The molecule has 0 unspecified atom stereocenters. The molecule has 8 heteroatoms. The van der Waals surface area contributed by atoms with Gasteiger partial charge in [-0.25, -0.2) is 0 Å². The van der Waals surface area contributed by atoms with Crippen molar-refractivity contribution < 1.29 is 24.2 Å². The summed E-state index contributed by atoms with van der Waals surface area (Å²) >= 11 is 6.96. The van der Waals surface area contributed by atoms with Crippen LogP contribution in [0.2, 0.25) is 0 Å². The summed E-state index contributed by atoms with van der Waals surface area (Å²) in [5, 5.41) is 9.07. The maximum absolute atomic E-state index is 13.3. The summed E-state index contributed by atoms with van der Waals surface area (Å²) in [4.78, 5) is 26.1. The summed E-state index contributed by atoms with van der Waals surface area (Å²) in [6, 6.07) is 7.04. The Kier molecular flexibility index (Phi) is 7.64. The van der Waals surface area contributed by atoms with E-state index in [0.29, 0.717) is 37.3 Å². The van der Waals surface area contributed by atoms with Crippen LogP contribution in [0.3, 0.4) is 0 Å².